The summed E-state index contributed by atoms with van der Waals surface area (Å²) < 4.78 is 16.3. The molecular formula is C18H19NO4. The molecule has 0 unspecified atom stereocenters. The third kappa shape index (κ3) is 3.56. The lowest BCUT2D eigenvalue weighted by molar-refractivity contribution is 0.0953. The third-order valence-corrected chi connectivity index (χ3v) is 3.68. The molecule has 0 aliphatic carbocycles. The largest absolute Gasteiger partial charge is 0.496 e. The second kappa shape index (κ2) is 7.05. The van der Waals surface area contributed by atoms with E-state index in [4.69, 9.17) is 14.2 Å². The quantitative estimate of drug-likeness (QED) is 0.921. The molecule has 1 heterocycles. The molecule has 2 aromatic carbocycles. The van der Waals surface area contributed by atoms with Gasteiger partial charge in [-0.05, 0) is 36.2 Å². The Morgan fingerprint density at radius 1 is 1.13 bits per heavy atom. The first-order chi connectivity index (χ1) is 11.3. The van der Waals surface area contributed by atoms with Gasteiger partial charge in [-0.1, -0.05) is 18.2 Å². The first-order valence-corrected chi connectivity index (χ1v) is 7.57. The molecule has 0 saturated heterocycles. The SMILES string of the molecule is COc1ccccc1CCNC(=O)c1ccc2c(c1)OCCO2. The summed E-state index contributed by atoms with van der Waals surface area (Å²) in [5.74, 6) is 2.01. The minimum Gasteiger partial charge on any atom is -0.496 e. The molecule has 0 radical (unpaired) electrons. The molecule has 5 heteroatoms. The van der Waals surface area contributed by atoms with Crippen LogP contribution >= 0.6 is 0 Å². The van der Waals surface area contributed by atoms with E-state index in [1.807, 2.05) is 24.3 Å². The minimum absolute atomic E-state index is 0.128. The molecule has 2 aromatic rings. The maximum atomic E-state index is 12.2. The van der Waals surface area contributed by atoms with E-state index in [1.165, 1.54) is 0 Å². The summed E-state index contributed by atoms with van der Waals surface area (Å²) in [5.41, 5.74) is 1.63. The fraction of sp³-hybridized carbons (Fsp3) is 0.278. The zero-order valence-electron chi connectivity index (χ0n) is 13.0. The highest BCUT2D eigenvalue weighted by Gasteiger charge is 2.14. The number of carbonyl (C=O) groups excluding carboxylic acids is 1. The fourth-order valence-electron chi connectivity index (χ4n) is 2.51. The van der Waals surface area contributed by atoms with Crippen LogP contribution in [0.3, 0.4) is 0 Å². The van der Waals surface area contributed by atoms with Gasteiger partial charge in [-0.3, -0.25) is 4.79 Å². The molecule has 1 aliphatic heterocycles. The minimum atomic E-state index is -0.128. The molecule has 120 valence electrons. The lowest BCUT2D eigenvalue weighted by atomic mass is 10.1. The van der Waals surface area contributed by atoms with Gasteiger partial charge < -0.3 is 19.5 Å². The van der Waals surface area contributed by atoms with Crippen molar-refractivity contribution in [3.63, 3.8) is 0 Å². The van der Waals surface area contributed by atoms with Gasteiger partial charge in [0.2, 0.25) is 0 Å². The fourth-order valence-corrected chi connectivity index (χ4v) is 2.51. The molecule has 0 atom stereocenters. The number of hydrogen-bond acceptors (Lipinski definition) is 4. The predicted molar refractivity (Wildman–Crippen MR) is 86.5 cm³/mol. The Balaban J connectivity index is 1.59. The molecule has 1 N–H and O–H groups in total. The number of para-hydroxylation sites is 1. The second-order valence-electron chi connectivity index (χ2n) is 5.18. The Morgan fingerprint density at radius 2 is 1.91 bits per heavy atom. The van der Waals surface area contributed by atoms with Crippen molar-refractivity contribution in [1.82, 2.24) is 5.32 Å². The highest BCUT2D eigenvalue weighted by atomic mass is 16.6. The monoisotopic (exact) mass is 313 g/mol. The van der Waals surface area contributed by atoms with Crippen LogP contribution in [-0.4, -0.2) is 32.8 Å². The van der Waals surface area contributed by atoms with Gasteiger partial charge in [0.25, 0.3) is 5.91 Å². The topological polar surface area (TPSA) is 56.8 Å². The van der Waals surface area contributed by atoms with E-state index in [2.05, 4.69) is 5.32 Å². The highest BCUT2D eigenvalue weighted by Crippen LogP contribution is 2.30. The van der Waals surface area contributed by atoms with Gasteiger partial charge in [-0.25, -0.2) is 0 Å². The Kier molecular flexibility index (Phi) is 4.66. The Hall–Kier alpha value is -2.69. The van der Waals surface area contributed by atoms with Crippen molar-refractivity contribution < 1.29 is 19.0 Å². The van der Waals surface area contributed by atoms with Crippen molar-refractivity contribution in [3.05, 3.63) is 53.6 Å². The molecule has 3 rings (SSSR count). The first kappa shape index (κ1) is 15.2. The van der Waals surface area contributed by atoms with E-state index in [9.17, 15) is 4.79 Å². The smallest absolute Gasteiger partial charge is 0.251 e. The molecule has 23 heavy (non-hydrogen) atoms. The maximum absolute atomic E-state index is 12.2. The first-order valence-electron chi connectivity index (χ1n) is 7.57. The molecule has 1 aliphatic rings. The Morgan fingerprint density at radius 3 is 2.74 bits per heavy atom. The van der Waals surface area contributed by atoms with Crippen molar-refractivity contribution in [2.45, 2.75) is 6.42 Å². The van der Waals surface area contributed by atoms with Crippen LogP contribution in [0.4, 0.5) is 0 Å². The molecule has 1 amide bonds. The van der Waals surface area contributed by atoms with Crippen LogP contribution in [0.2, 0.25) is 0 Å². The van der Waals surface area contributed by atoms with Gasteiger partial charge in [0.1, 0.15) is 19.0 Å². The van der Waals surface area contributed by atoms with Gasteiger partial charge in [0, 0.05) is 12.1 Å². The number of ether oxygens (including phenoxy) is 3. The lowest BCUT2D eigenvalue weighted by Gasteiger charge is -2.18. The second-order valence-corrected chi connectivity index (χ2v) is 5.18. The van der Waals surface area contributed by atoms with Gasteiger partial charge in [0.15, 0.2) is 11.5 Å². The molecule has 5 nitrogen and oxygen atoms in total. The van der Waals surface area contributed by atoms with Crippen LogP contribution in [0, 0.1) is 0 Å². The number of hydrogen-bond donors (Lipinski definition) is 1. The Bertz CT molecular complexity index is 699. The molecule has 0 fully saturated rings. The number of amides is 1. The number of benzene rings is 2. The maximum Gasteiger partial charge on any atom is 0.251 e. The van der Waals surface area contributed by atoms with E-state index < -0.39 is 0 Å². The van der Waals surface area contributed by atoms with Crippen molar-refractivity contribution in [2.75, 3.05) is 26.9 Å². The van der Waals surface area contributed by atoms with E-state index >= 15 is 0 Å². The molecule has 0 aromatic heterocycles. The molecule has 0 saturated carbocycles. The normalized spacial score (nSPS) is 12.6. The lowest BCUT2D eigenvalue weighted by Crippen LogP contribution is -2.26. The van der Waals surface area contributed by atoms with Crippen molar-refractivity contribution in [1.29, 1.82) is 0 Å². The number of carbonyl (C=O) groups is 1. The third-order valence-electron chi connectivity index (χ3n) is 3.68. The van der Waals surface area contributed by atoms with Gasteiger partial charge in [-0.15, -0.1) is 0 Å². The summed E-state index contributed by atoms with van der Waals surface area (Å²) in [6.07, 6.45) is 0.709. The van der Waals surface area contributed by atoms with Crippen LogP contribution < -0.4 is 19.5 Å². The average Bonchev–Trinajstić information content (AvgIpc) is 2.61. The van der Waals surface area contributed by atoms with Gasteiger partial charge in [0.05, 0.1) is 7.11 Å². The Labute approximate surface area is 135 Å². The zero-order chi connectivity index (χ0) is 16.1. The number of fused-ring (bicyclic) bond motifs is 1. The van der Waals surface area contributed by atoms with Gasteiger partial charge >= 0.3 is 0 Å². The summed E-state index contributed by atoms with van der Waals surface area (Å²) in [4.78, 5) is 12.2. The van der Waals surface area contributed by atoms with E-state index in [-0.39, 0.29) is 5.91 Å². The van der Waals surface area contributed by atoms with E-state index in [0.29, 0.717) is 43.2 Å². The predicted octanol–water partition coefficient (Wildman–Crippen LogP) is 2.44. The summed E-state index contributed by atoms with van der Waals surface area (Å²) >= 11 is 0. The zero-order valence-corrected chi connectivity index (χ0v) is 13.0. The van der Waals surface area contributed by atoms with Crippen molar-refractivity contribution >= 4 is 5.91 Å². The number of rotatable bonds is 5. The van der Waals surface area contributed by atoms with Crippen LogP contribution in [0.15, 0.2) is 42.5 Å². The van der Waals surface area contributed by atoms with E-state index in [0.717, 1.165) is 11.3 Å². The highest BCUT2D eigenvalue weighted by molar-refractivity contribution is 5.94. The average molecular weight is 313 g/mol. The summed E-state index contributed by atoms with van der Waals surface area (Å²) in [5, 5.41) is 2.91. The summed E-state index contributed by atoms with van der Waals surface area (Å²) in [6, 6.07) is 13.0. The number of methoxy groups -OCH3 is 1. The standard InChI is InChI=1S/C18H19NO4/c1-21-15-5-3-2-4-13(15)8-9-19-18(20)14-6-7-16-17(12-14)23-11-10-22-16/h2-7,12H,8-11H2,1H3,(H,19,20). The van der Waals surface area contributed by atoms with Crippen molar-refractivity contribution in [2.24, 2.45) is 0 Å². The summed E-state index contributed by atoms with van der Waals surface area (Å²) in [6.45, 7) is 1.58. The van der Waals surface area contributed by atoms with Crippen molar-refractivity contribution in [3.8, 4) is 17.2 Å². The van der Waals surface area contributed by atoms with E-state index in [1.54, 1.807) is 25.3 Å². The van der Waals surface area contributed by atoms with Crippen LogP contribution in [-0.2, 0) is 6.42 Å². The van der Waals surface area contributed by atoms with Crippen LogP contribution in [0.1, 0.15) is 15.9 Å². The summed E-state index contributed by atoms with van der Waals surface area (Å²) in [7, 11) is 1.65. The molecular weight excluding hydrogens is 294 g/mol. The van der Waals surface area contributed by atoms with Gasteiger partial charge in [-0.2, -0.15) is 0 Å². The van der Waals surface area contributed by atoms with Crippen LogP contribution in [0.25, 0.3) is 0 Å². The molecule has 0 bridgehead atoms. The number of nitrogens with one attached hydrogen (secondary N) is 1. The molecule has 0 spiro atoms. The van der Waals surface area contributed by atoms with Crippen LogP contribution in [0.5, 0.6) is 17.2 Å².